The van der Waals surface area contributed by atoms with Crippen LogP contribution in [0.2, 0.25) is 0 Å². The highest BCUT2D eigenvalue weighted by molar-refractivity contribution is 5.89. The van der Waals surface area contributed by atoms with Gasteiger partial charge in [-0.05, 0) is 18.2 Å². The largest absolute Gasteiger partial charge is 0.540 e. The first kappa shape index (κ1) is 13.4. The van der Waals surface area contributed by atoms with Crippen LogP contribution in [0.4, 0.5) is 28.0 Å². The van der Waals surface area contributed by atoms with Crippen LogP contribution < -0.4 is 15.4 Å². The number of carbonyl (C=O) groups is 1. The van der Waals surface area contributed by atoms with E-state index in [2.05, 4.69) is 20.1 Å². The van der Waals surface area contributed by atoms with Crippen molar-refractivity contribution in [3.63, 3.8) is 0 Å². The average Bonchev–Trinajstić information content (AvgIpc) is 2.27. The second-order valence-corrected chi connectivity index (χ2v) is 3.60. The Labute approximate surface area is 104 Å². The number of amides is 2. The van der Waals surface area contributed by atoms with Gasteiger partial charge in [0.05, 0.1) is 5.56 Å². The Morgan fingerprint density at radius 3 is 2.58 bits per heavy atom. The molecular weight excluding hydrogens is 272 g/mol. The fraction of sp³-hybridized carbons (Fsp3) is 0.300. The summed E-state index contributed by atoms with van der Waals surface area (Å²) >= 11 is 0. The van der Waals surface area contributed by atoms with Crippen LogP contribution in [-0.2, 0) is 10.8 Å². The lowest BCUT2D eigenvalue weighted by molar-refractivity contribution is -0.461. The van der Waals surface area contributed by atoms with E-state index >= 15 is 0 Å². The van der Waals surface area contributed by atoms with Crippen molar-refractivity contribution in [3.05, 3.63) is 23.8 Å². The zero-order valence-electron chi connectivity index (χ0n) is 9.47. The van der Waals surface area contributed by atoms with E-state index < -0.39 is 29.7 Å². The zero-order chi connectivity index (χ0) is 14.3. The Morgan fingerprint density at radius 2 is 1.95 bits per heavy atom. The maximum atomic E-state index is 13.4. The minimum atomic E-state index is -4.41. The van der Waals surface area contributed by atoms with Gasteiger partial charge in [0.15, 0.2) is 0 Å². The van der Waals surface area contributed by atoms with E-state index in [0.717, 1.165) is 18.2 Å². The fourth-order valence-electron chi connectivity index (χ4n) is 1.47. The number of carbonyl (C=O) groups excluding carboxylic acids is 1. The Hall–Kier alpha value is -2.03. The highest BCUT2D eigenvalue weighted by atomic mass is 19.3. The van der Waals surface area contributed by atoms with Gasteiger partial charge < -0.3 is 15.4 Å². The molecule has 2 amide bonds. The first-order valence-electron chi connectivity index (χ1n) is 5.01. The highest BCUT2D eigenvalue weighted by Gasteiger charge is 2.54. The van der Waals surface area contributed by atoms with E-state index in [9.17, 15) is 22.4 Å². The Kier molecular flexibility index (Phi) is 3.01. The zero-order valence-corrected chi connectivity index (χ0v) is 9.47. The number of halogens is 4. The van der Waals surface area contributed by atoms with Gasteiger partial charge >= 0.3 is 18.4 Å². The lowest BCUT2D eigenvalue weighted by Gasteiger charge is -2.30. The Morgan fingerprint density at radius 1 is 1.26 bits per heavy atom. The predicted molar refractivity (Wildman–Crippen MR) is 55.1 cm³/mol. The van der Waals surface area contributed by atoms with Gasteiger partial charge in [-0.3, -0.25) is 0 Å². The maximum absolute atomic E-state index is 13.4. The van der Waals surface area contributed by atoms with Crippen molar-refractivity contribution in [2.75, 3.05) is 12.4 Å². The van der Waals surface area contributed by atoms with E-state index in [-0.39, 0.29) is 5.69 Å². The normalized spacial score (nSPS) is 19.0. The van der Waals surface area contributed by atoms with Gasteiger partial charge in [0.25, 0.3) is 0 Å². The van der Waals surface area contributed by atoms with Gasteiger partial charge in [-0.25, -0.2) is 9.53 Å². The first-order chi connectivity index (χ1) is 8.73. The number of anilines is 1. The third-order valence-corrected chi connectivity index (χ3v) is 2.25. The number of fused-ring (bicyclic) bond motifs is 1. The molecule has 1 aromatic carbocycles. The standard InChI is InChI=1S/C10H8F4N2O3/c1-15-8(17)16-5-2-3-7-6(4-5)9(11,12)19-10(13,14)18-7/h2-4H,1H3,(H2,15,16,17). The molecule has 0 saturated carbocycles. The number of nitrogens with one attached hydrogen (secondary N) is 2. The summed E-state index contributed by atoms with van der Waals surface area (Å²) in [6.45, 7) is 0. The van der Waals surface area contributed by atoms with Gasteiger partial charge in [0, 0.05) is 12.7 Å². The molecule has 2 rings (SSSR count). The van der Waals surface area contributed by atoms with Gasteiger partial charge in [-0.15, -0.1) is 8.78 Å². The molecule has 1 aromatic rings. The van der Waals surface area contributed by atoms with Crippen LogP contribution in [0.15, 0.2) is 18.2 Å². The summed E-state index contributed by atoms with van der Waals surface area (Å²) in [5.74, 6) is -0.719. The van der Waals surface area contributed by atoms with E-state index in [1.54, 1.807) is 0 Å². The molecule has 0 saturated heterocycles. The number of benzene rings is 1. The first-order valence-corrected chi connectivity index (χ1v) is 5.01. The molecule has 0 unspecified atom stereocenters. The molecular formula is C10H8F4N2O3. The van der Waals surface area contributed by atoms with Crippen LogP contribution in [0.5, 0.6) is 5.75 Å². The average molecular weight is 280 g/mol. The van der Waals surface area contributed by atoms with E-state index in [1.165, 1.54) is 7.05 Å². The van der Waals surface area contributed by atoms with Gasteiger partial charge in [-0.2, -0.15) is 8.78 Å². The summed E-state index contributed by atoms with van der Waals surface area (Å²) in [6, 6.07) is 2.18. The molecule has 0 atom stereocenters. The summed E-state index contributed by atoms with van der Waals surface area (Å²) in [5.41, 5.74) is -0.914. The van der Waals surface area contributed by atoms with Gasteiger partial charge in [0.2, 0.25) is 0 Å². The number of alkyl halides is 4. The monoisotopic (exact) mass is 280 g/mol. The van der Waals surface area contributed by atoms with E-state index in [1.807, 2.05) is 0 Å². The Balaban J connectivity index is 2.37. The number of urea groups is 1. The smallest absolute Gasteiger partial charge is 0.409 e. The molecule has 0 bridgehead atoms. The summed E-state index contributed by atoms with van der Waals surface area (Å²) < 4.78 is 59.5. The summed E-state index contributed by atoms with van der Waals surface area (Å²) in [6.07, 6.45) is -8.64. The highest BCUT2D eigenvalue weighted by Crippen LogP contribution is 2.46. The maximum Gasteiger partial charge on any atom is 0.540 e. The van der Waals surface area contributed by atoms with Crippen molar-refractivity contribution in [1.82, 2.24) is 5.32 Å². The molecule has 5 nitrogen and oxygen atoms in total. The quantitative estimate of drug-likeness (QED) is 0.777. The second-order valence-electron chi connectivity index (χ2n) is 3.60. The molecule has 2 N–H and O–H groups in total. The van der Waals surface area contributed by atoms with Crippen molar-refractivity contribution in [3.8, 4) is 5.75 Å². The van der Waals surface area contributed by atoms with E-state index in [4.69, 9.17) is 0 Å². The minimum absolute atomic E-state index is 0.0183. The lowest BCUT2D eigenvalue weighted by atomic mass is 10.1. The summed E-state index contributed by atoms with van der Waals surface area (Å²) in [4.78, 5) is 11.0. The Bertz CT molecular complexity index is 521. The molecule has 1 aliphatic rings. The SMILES string of the molecule is CNC(=O)Nc1ccc2c(c1)C(F)(F)OC(F)(F)O2. The molecule has 0 aliphatic carbocycles. The van der Waals surface area contributed by atoms with Crippen LogP contribution in [0.3, 0.4) is 0 Å². The van der Waals surface area contributed by atoms with Crippen LogP contribution >= 0.6 is 0 Å². The van der Waals surface area contributed by atoms with Crippen LogP contribution in [0.1, 0.15) is 5.56 Å². The van der Waals surface area contributed by atoms with Crippen molar-refractivity contribution < 1.29 is 31.8 Å². The number of rotatable bonds is 1. The van der Waals surface area contributed by atoms with Crippen molar-refractivity contribution in [2.45, 2.75) is 12.4 Å². The van der Waals surface area contributed by atoms with Gasteiger partial charge in [0.1, 0.15) is 5.75 Å². The van der Waals surface area contributed by atoms with Crippen molar-refractivity contribution in [2.24, 2.45) is 0 Å². The summed E-state index contributed by atoms with van der Waals surface area (Å²) in [5, 5.41) is 4.43. The molecule has 0 fully saturated rings. The van der Waals surface area contributed by atoms with Crippen LogP contribution in [-0.4, -0.2) is 19.4 Å². The van der Waals surface area contributed by atoms with Crippen molar-refractivity contribution in [1.29, 1.82) is 0 Å². The van der Waals surface area contributed by atoms with Gasteiger partial charge in [-0.1, -0.05) is 0 Å². The number of hydrogen-bond acceptors (Lipinski definition) is 3. The molecule has 0 aromatic heterocycles. The molecule has 1 aliphatic heterocycles. The van der Waals surface area contributed by atoms with E-state index in [0.29, 0.717) is 0 Å². The van der Waals surface area contributed by atoms with Crippen LogP contribution in [0.25, 0.3) is 0 Å². The molecule has 19 heavy (non-hydrogen) atoms. The predicted octanol–water partition coefficient (Wildman–Crippen LogP) is 2.45. The van der Waals surface area contributed by atoms with Crippen LogP contribution in [0, 0.1) is 0 Å². The molecule has 104 valence electrons. The fourth-order valence-corrected chi connectivity index (χ4v) is 1.47. The minimum Gasteiger partial charge on any atom is -0.409 e. The molecule has 1 heterocycles. The lowest BCUT2D eigenvalue weighted by Crippen LogP contribution is -2.41. The number of ether oxygens (including phenoxy) is 2. The summed E-state index contributed by atoms with van der Waals surface area (Å²) in [7, 11) is 1.33. The van der Waals surface area contributed by atoms with Crippen molar-refractivity contribution >= 4 is 11.7 Å². The topological polar surface area (TPSA) is 59.6 Å². The number of hydrogen-bond donors (Lipinski definition) is 2. The second kappa shape index (κ2) is 4.26. The third-order valence-electron chi connectivity index (χ3n) is 2.25. The third kappa shape index (κ3) is 2.70. The molecule has 0 radical (unpaired) electrons. The molecule has 0 spiro atoms. The molecule has 9 heteroatoms.